The predicted octanol–water partition coefficient (Wildman–Crippen LogP) is 2.27. The first-order chi connectivity index (χ1) is 9.67. The Balaban J connectivity index is 2.38. The van der Waals surface area contributed by atoms with Crippen LogP contribution in [-0.4, -0.2) is 40.8 Å². The fourth-order valence-corrected chi connectivity index (χ4v) is 2.88. The summed E-state index contributed by atoms with van der Waals surface area (Å²) < 4.78 is 0. The van der Waals surface area contributed by atoms with Crippen molar-refractivity contribution in [3.8, 4) is 0 Å². The summed E-state index contributed by atoms with van der Waals surface area (Å²) in [5, 5.41) is 13.0. The highest BCUT2D eigenvalue weighted by Crippen LogP contribution is 2.28. The summed E-state index contributed by atoms with van der Waals surface area (Å²) in [6, 6.07) is 0.181. The predicted molar refractivity (Wildman–Crippen MR) is 82.4 cm³/mol. The molecule has 1 aliphatic heterocycles. The summed E-state index contributed by atoms with van der Waals surface area (Å²) in [4.78, 5) is 11.4. The van der Waals surface area contributed by atoms with E-state index in [4.69, 9.17) is 0 Å². The molecule has 1 atom stereocenters. The third kappa shape index (κ3) is 3.20. The third-order valence-corrected chi connectivity index (χ3v) is 3.94. The van der Waals surface area contributed by atoms with Gasteiger partial charge in [0.25, 0.3) is 0 Å². The minimum Gasteiger partial charge on any atom is -0.394 e. The second-order valence-electron chi connectivity index (χ2n) is 5.48. The molecule has 112 valence electrons. The number of aromatic nitrogens is 2. The Morgan fingerprint density at radius 2 is 2.05 bits per heavy atom. The van der Waals surface area contributed by atoms with E-state index in [0.29, 0.717) is 0 Å². The van der Waals surface area contributed by atoms with Gasteiger partial charge in [0.2, 0.25) is 0 Å². The monoisotopic (exact) mass is 278 g/mol. The Hall–Kier alpha value is -1.36. The molecule has 0 bridgehead atoms. The minimum absolute atomic E-state index is 0.181. The van der Waals surface area contributed by atoms with E-state index in [1.54, 1.807) is 0 Å². The first-order valence-electron chi connectivity index (χ1n) is 7.64. The van der Waals surface area contributed by atoms with Crippen LogP contribution in [0.25, 0.3) is 0 Å². The molecule has 2 rings (SSSR count). The van der Waals surface area contributed by atoms with Gasteiger partial charge in [0, 0.05) is 18.7 Å². The zero-order valence-electron chi connectivity index (χ0n) is 12.8. The number of hydrogen-bond donors (Lipinski definition) is 2. The Labute approximate surface area is 121 Å². The lowest BCUT2D eigenvalue weighted by atomic mass is 10.1. The minimum atomic E-state index is 0.181. The second-order valence-corrected chi connectivity index (χ2v) is 5.48. The molecule has 5 nitrogen and oxygen atoms in total. The van der Waals surface area contributed by atoms with Crippen LogP contribution in [0.1, 0.15) is 44.0 Å². The van der Waals surface area contributed by atoms with Crippen LogP contribution in [-0.2, 0) is 0 Å². The molecule has 1 unspecified atom stereocenters. The molecule has 0 spiro atoms. The van der Waals surface area contributed by atoms with Crippen molar-refractivity contribution in [2.75, 3.05) is 29.9 Å². The highest BCUT2D eigenvalue weighted by Gasteiger charge is 2.24. The molecule has 0 aromatic carbocycles. The van der Waals surface area contributed by atoms with Crippen molar-refractivity contribution < 1.29 is 5.11 Å². The van der Waals surface area contributed by atoms with E-state index in [-0.39, 0.29) is 12.6 Å². The van der Waals surface area contributed by atoms with E-state index in [0.717, 1.165) is 49.0 Å². The van der Waals surface area contributed by atoms with Gasteiger partial charge in [0.1, 0.15) is 17.5 Å². The molecule has 0 aliphatic carbocycles. The van der Waals surface area contributed by atoms with Crippen LogP contribution in [0.2, 0.25) is 0 Å². The largest absolute Gasteiger partial charge is 0.394 e. The average Bonchev–Trinajstić information content (AvgIpc) is 2.67. The lowest BCUT2D eigenvalue weighted by Gasteiger charge is -2.31. The van der Waals surface area contributed by atoms with Gasteiger partial charge in [0.05, 0.1) is 12.6 Å². The molecule has 0 amide bonds. The number of anilines is 2. The van der Waals surface area contributed by atoms with E-state index in [9.17, 15) is 5.11 Å². The fourth-order valence-electron chi connectivity index (χ4n) is 2.88. The number of nitrogens with one attached hydrogen (secondary N) is 1. The van der Waals surface area contributed by atoms with Crippen LogP contribution in [0.15, 0.2) is 0 Å². The SMILES string of the molecule is CCNc1nc(C)nc(N2CCCCCC2CO)c1C. The first-order valence-corrected chi connectivity index (χ1v) is 7.64. The van der Waals surface area contributed by atoms with Crippen molar-refractivity contribution in [2.24, 2.45) is 0 Å². The highest BCUT2D eigenvalue weighted by atomic mass is 16.3. The first kappa shape index (κ1) is 15.0. The Bertz CT molecular complexity index is 450. The molecule has 1 aliphatic rings. The van der Waals surface area contributed by atoms with Crippen LogP contribution in [0.3, 0.4) is 0 Å². The smallest absolute Gasteiger partial charge is 0.137 e. The van der Waals surface area contributed by atoms with Gasteiger partial charge in [-0.3, -0.25) is 0 Å². The Morgan fingerprint density at radius 1 is 1.25 bits per heavy atom. The maximum atomic E-state index is 9.68. The zero-order chi connectivity index (χ0) is 14.5. The van der Waals surface area contributed by atoms with E-state index in [2.05, 4.69) is 34.0 Å². The molecule has 1 fully saturated rings. The van der Waals surface area contributed by atoms with Crippen LogP contribution in [0.5, 0.6) is 0 Å². The zero-order valence-corrected chi connectivity index (χ0v) is 12.8. The molecular formula is C15H26N4O. The van der Waals surface area contributed by atoms with Gasteiger partial charge in [-0.15, -0.1) is 0 Å². The molecule has 2 heterocycles. The Kier molecular flexibility index (Phi) is 5.17. The van der Waals surface area contributed by atoms with Crippen molar-refractivity contribution in [2.45, 2.75) is 52.5 Å². The van der Waals surface area contributed by atoms with E-state index in [1.165, 1.54) is 12.8 Å². The number of aliphatic hydroxyl groups is 1. The maximum Gasteiger partial charge on any atom is 0.137 e. The Morgan fingerprint density at radius 3 is 2.75 bits per heavy atom. The van der Waals surface area contributed by atoms with Gasteiger partial charge in [-0.25, -0.2) is 9.97 Å². The summed E-state index contributed by atoms with van der Waals surface area (Å²) in [5.41, 5.74) is 1.08. The second kappa shape index (κ2) is 6.88. The number of nitrogens with zero attached hydrogens (tertiary/aromatic N) is 3. The molecule has 1 saturated heterocycles. The van der Waals surface area contributed by atoms with Crippen molar-refractivity contribution >= 4 is 11.6 Å². The van der Waals surface area contributed by atoms with Gasteiger partial charge in [0.15, 0.2) is 0 Å². The van der Waals surface area contributed by atoms with Gasteiger partial charge in [-0.1, -0.05) is 12.8 Å². The van der Waals surface area contributed by atoms with Crippen molar-refractivity contribution in [1.29, 1.82) is 0 Å². The summed E-state index contributed by atoms with van der Waals surface area (Å²) in [6.45, 7) is 8.06. The van der Waals surface area contributed by atoms with Crippen molar-refractivity contribution in [3.05, 3.63) is 11.4 Å². The molecule has 2 N–H and O–H groups in total. The topological polar surface area (TPSA) is 61.3 Å². The lowest BCUT2D eigenvalue weighted by molar-refractivity contribution is 0.254. The van der Waals surface area contributed by atoms with Gasteiger partial charge in [-0.2, -0.15) is 0 Å². The van der Waals surface area contributed by atoms with Gasteiger partial charge >= 0.3 is 0 Å². The number of hydrogen-bond acceptors (Lipinski definition) is 5. The normalized spacial score (nSPS) is 19.8. The van der Waals surface area contributed by atoms with Crippen LogP contribution in [0, 0.1) is 13.8 Å². The van der Waals surface area contributed by atoms with E-state index >= 15 is 0 Å². The summed E-state index contributed by atoms with van der Waals surface area (Å²) in [5.74, 6) is 2.67. The van der Waals surface area contributed by atoms with Crippen molar-refractivity contribution in [3.63, 3.8) is 0 Å². The number of rotatable bonds is 4. The summed E-state index contributed by atoms with van der Waals surface area (Å²) in [7, 11) is 0. The fraction of sp³-hybridized carbons (Fsp3) is 0.733. The standard InChI is InChI=1S/C15H26N4O/c1-4-16-14-11(2)15(18-12(3)17-14)19-9-7-5-6-8-13(19)10-20/h13,20H,4-10H2,1-3H3,(H,16,17,18). The maximum absolute atomic E-state index is 9.68. The van der Waals surface area contributed by atoms with E-state index in [1.807, 2.05) is 6.92 Å². The van der Waals surface area contributed by atoms with Gasteiger partial charge in [-0.05, 0) is 33.6 Å². The van der Waals surface area contributed by atoms with Crippen molar-refractivity contribution in [1.82, 2.24) is 9.97 Å². The molecule has 1 aromatic heterocycles. The summed E-state index contributed by atoms with van der Waals surface area (Å²) >= 11 is 0. The highest BCUT2D eigenvalue weighted by molar-refractivity contribution is 5.59. The molecule has 20 heavy (non-hydrogen) atoms. The van der Waals surface area contributed by atoms with Crippen LogP contribution < -0.4 is 10.2 Å². The molecule has 0 radical (unpaired) electrons. The third-order valence-electron chi connectivity index (χ3n) is 3.94. The quantitative estimate of drug-likeness (QED) is 0.884. The average molecular weight is 278 g/mol. The molecule has 5 heteroatoms. The van der Waals surface area contributed by atoms with E-state index < -0.39 is 0 Å². The lowest BCUT2D eigenvalue weighted by Crippen LogP contribution is -2.39. The summed E-state index contributed by atoms with van der Waals surface area (Å²) in [6.07, 6.45) is 4.62. The molecule has 1 aromatic rings. The van der Waals surface area contributed by atoms with Gasteiger partial charge < -0.3 is 15.3 Å². The molecular weight excluding hydrogens is 252 g/mol. The van der Waals surface area contributed by atoms with Crippen LogP contribution >= 0.6 is 0 Å². The van der Waals surface area contributed by atoms with Crippen LogP contribution in [0.4, 0.5) is 11.6 Å². The molecule has 0 saturated carbocycles. The number of aryl methyl sites for hydroxylation is 1. The number of aliphatic hydroxyl groups excluding tert-OH is 1.